The lowest BCUT2D eigenvalue weighted by Gasteiger charge is -2.37. The monoisotopic (exact) mass is 341 g/mol. The summed E-state index contributed by atoms with van der Waals surface area (Å²) in [6.45, 7) is 2.17. The Labute approximate surface area is 146 Å². The van der Waals surface area contributed by atoms with Gasteiger partial charge < -0.3 is 5.11 Å². The smallest absolute Gasteiger partial charge is 0.140 e. The predicted molar refractivity (Wildman–Crippen MR) is 99.9 cm³/mol. The van der Waals surface area contributed by atoms with Gasteiger partial charge in [0.15, 0.2) is 0 Å². The second-order valence-electron chi connectivity index (χ2n) is 5.96. The number of benzene rings is 2. The number of hydrogen-bond donors (Lipinski definition) is 1. The van der Waals surface area contributed by atoms with Gasteiger partial charge in [-0.05, 0) is 30.4 Å². The van der Waals surface area contributed by atoms with Crippen LogP contribution in [0.25, 0.3) is 11.0 Å². The number of thioether (sulfide) groups is 1. The zero-order valence-electron chi connectivity index (χ0n) is 14.1. The van der Waals surface area contributed by atoms with Crippen LogP contribution in [-0.2, 0) is 4.87 Å². The van der Waals surface area contributed by atoms with Crippen LogP contribution in [0.1, 0.15) is 37.9 Å². The quantitative estimate of drug-likeness (QED) is 0.693. The van der Waals surface area contributed by atoms with Crippen molar-refractivity contribution in [1.29, 1.82) is 0 Å². The first kappa shape index (κ1) is 17.0. The van der Waals surface area contributed by atoms with Gasteiger partial charge in [0, 0.05) is 0 Å². The minimum atomic E-state index is -0.662. The molecule has 126 valence electrons. The summed E-state index contributed by atoms with van der Waals surface area (Å²) in [6.07, 6.45) is 4.28. The first-order valence-corrected chi connectivity index (χ1v) is 9.54. The molecule has 4 nitrogen and oxygen atoms in total. The Balaban J connectivity index is 2.14. The number of aromatic nitrogens is 3. The van der Waals surface area contributed by atoms with Crippen LogP contribution >= 0.6 is 11.8 Å². The van der Waals surface area contributed by atoms with E-state index in [4.69, 9.17) is 0 Å². The molecule has 0 aliphatic carbocycles. The summed E-state index contributed by atoms with van der Waals surface area (Å²) in [5, 5.41) is 20.0. The Morgan fingerprint density at radius 3 is 2.54 bits per heavy atom. The van der Waals surface area contributed by atoms with Crippen LogP contribution in [-0.4, -0.2) is 26.4 Å². The summed E-state index contributed by atoms with van der Waals surface area (Å²) in [6, 6.07) is 17.8. The van der Waals surface area contributed by atoms with Crippen molar-refractivity contribution in [2.75, 3.05) is 6.26 Å². The van der Waals surface area contributed by atoms with Gasteiger partial charge in [0.05, 0.1) is 5.52 Å². The Morgan fingerprint density at radius 1 is 1.12 bits per heavy atom. The molecule has 2 aromatic carbocycles. The second-order valence-corrected chi connectivity index (χ2v) is 7.07. The Morgan fingerprint density at radius 2 is 1.83 bits per heavy atom. The number of rotatable bonds is 7. The highest BCUT2D eigenvalue weighted by atomic mass is 32.2. The van der Waals surface area contributed by atoms with E-state index in [9.17, 15) is 5.11 Å². The Kier molecular flexibility index (Phi) is 5.21. The molecule has 2 atom stereocenters. The van der Waals surface area contributed by atoms with E-state index in [1.54, 1.807) is 11.8 Å². The van der Waals surface area contributed by atoms with E-state index >= 15 is 0 Å². The number of aliphatic hydroxyl groups excluding tert-OH is 1. The summed E-state index contributed by atoms with van der Waals surface area (Å²) >= 11 is 1.64. The lowest BCUT2D eigenvalue weighted by molar-refractivity contribution is 0.0787. The van der Waals surface area contributed by atoms with Gasteiger partial charge in [-0.15, -0.1) is 16.9 Å². The molecule has 0 fully saturated rings. The molecular weight excluding hydrogens is 318 g/mol. The molecule has 0 amide bonds. The summed E-state index contributed by atoms with van der Waals surface area (Å²) < 4.78 is 1.92. The van der Waals surface area contributed by atoms with Crippen LogP contribution in [0, 0.1) is 0 Å². The molecule has 0 saturated carbocycles. The Bertz CT molecular complexity index is 789. The zero-order chi connectivity index (χ0) is 17.0. The number of unbranched alkanes of at least 4 members (excludes halogenated alkanes) is 1. The molecule has 0 spiro atoms. The van der Waals surface area contributed by atoms with Gasteiger partial charge in [-0.2, -0.15) is 0 Å². The minimum absolute atomic E-state index is 0.576. The van der Waals surface area contributed by atoms with E-state index in [-0.39, 0.29) is 0 Å². The maximum atomic E-state index is 11.3. The average Bonchev–Trinajstić information content (AvgIpc) is 3.08. The Hall–Kier alpha value is -1.85. The van der Waals surface area contributed by atoms with Crippen molar-refractivity contribution < 1.29 is 5.11 Å². The highest BCUT2D eigenvalue weighted by molar-refractivity contribution is 7.99. The van der Waals surface area contributed by atoms with Gasteiger partial charge in [0.2, 0.25) is 0 Å². The van der Waals surface area contributed by atoms with Crippen molar-refractivity contribution in [3.63, 3.8) is 0 Å². The average molecular weight is 341 g/mol. The first-order valence-electron chi connectivity index (χ1n) is 8.32. The van der Waals surface area contributed by atoms with E-state index in [2.05, 4.69) is 17.2 Å². The molecule has 1 aromatic heterocycles. The van der Waals surface area contributed by atoms with Gasteiger partial charge >= 0.3 is 0 Å². The fourth-order valence-corrected chi connectivity index (χ4v) is 4.15. The van der Waals surface area contributed by atoms with Gasteiger partial charge in [-0.25, -0.2) is 4.68 Å². The maximum Gasteiger partial charge on any atom is 0.140 e. The highest BCUT2D eigenvalue weighted by Gasteiger charge is 2.41. The number of hydrogen-bond acceptors (Lipinski definition) is 4. The van der Waals surface area contributed by atoms with E-state index in [1.807, 2.05) is 65.5 Å². The molecule has 0 aliphatic heterocycles. The third-order valence-electron chi connectivity index (χ3n) is 4.49. The van der Waals surface area contributed by atoms with Gasteiger partial charge in [-0.3, -0.25) is 0 Å². The summed E-state index contributed by atoms with van der Waals surface area (Å²) in [5.74, 6) is 0. The number of para-hydroxylation sites is 1. The van der Waals surface area contributed by atoms with E-state index in [0.717, 1.165) is 35.9 Å². The summed E-state index contributed by atoms with van der Waals surface area (Å²) in [5.41, 5.74) is 2.72. The molecule has 0 radical (unpaired) electrons. The van der Waals surface area contributed by atoms with Crippen molar-refractivity contribution >= 4 is 22.8 Å². The minimum Gasteiger partial charge on any atom is -0.385 e. The summed E-state index contributed by atoms with van der Waals surface area (Å²) in [4.78, 5) is -0.576. The van der Waals surface area contributed by atoms with Gasteiger partial charge in [0.1, 0.15) is 16.5 Å². The molecule has 24 heavy (non-hydrogen) atoms. The number of nitrogens with zero attached hydrogens (tertiary/aromatic N) is 3. The second kappa shape index (κ2) is 7.36. The first-order chi connectivity index (χ1) is 11.7. The third-order valence-corrected chi connectivity index (χ3v) is 5.80. The van der Waals surface area contributed by atoms with E-state index in [1.165, 1.54) is 0 Å². The van der Waals surface area contributed by atoms with Crippen molar-refractivity contribution in [3.05, 3.63) is 60.2 Å². The van der Waals surface area contributed by atoms with Crippen LogP contribution in [0.4, 0.5) is 0 Å². The van der Waals surface area contributed by atoms with Crippen molar-refractivity contribution in [1.82, 2.24) is 15.0 Å². The SMILES string of the molecule is CCCCC(SC)(C(O)c1ccccc1)n1nnc2ccccc21. The molecule has 0 saturated heterocycles. The number of fused-ring (bicyclic) bond motifs is 1. The molecule has 0 bridgehead atoms. The van der Waals surface area contributed by atoms with Crippen LogP contribution in [0.15, 0.2) is 54.6 Å². The molecule has 5 heteroatoms. The summed E-state index contributed by atoms with van der Waals surface area (Å²) in [7, 11) is 0. The van der Waals surface area contributed by atoms with E-state index in [0.29, 0.717) is 0 Å². The highest BCUT2D eigenvalue weighted by Crippen LogP contribution is 2.46. The molecular formula is C19H23N3OS. The normalized spacial score (nSPS) is 15.3. The molecule has 2 unspecified atom stereocenters. The maximum absolute atomic E-state index is 11.3. The van der Waals surface area contributed by atoms with Crippen molar-refractivity contribution in [2.24, 2.45) is 0 Å². The molecule has 1 heterocycles. The standard InChI is InChI=1S/C19H23N3OS/c1-3-4-14-19(24-2,18(23)15-10-6-5-7-11-15)22-17-13-9-8-12-16(17)20-21-22/h5-13,18,23H,3-4,14H2,1-2H3. The fourth-order valence-electron chi connectivity index (χ4n) is 3.13. The molecule has 3 rings (SSSR count). The lowest BCUT2D eigenvalue weighted by Crippen LogP contribution is -2.37. The predicted octanol–water partition coefficient (Wildman–Crippen LogP) is 4.37. The van der Waals surface area contributed by atoms with Crippen molar-refractivity contribution in [3.8, 4) is 0 Å². The van der Waals surface area contributed by atoms with Crippen molar-refractivity contribution in [2.45, 2.75) is 37.2 Å². The lowest BCUT2D eigenvalue weighted by atomic mass is 9.96. The van der Waals surface area contributed by atoms with Crippen LogP contribution in [0.5, 0.6) is 0 Å². The van der Waals surface area contributed by atoms with Gasteiger partial charge in [-0.1, -0.05) is 67.4 Å². The van der Waals surface area contributed by atoms with Gasteiger partial charge in [0.25, 0.3) is 0 Å². The molecule has 1 N–H and O–H groups in total. The van der Waals surface area contributed by atoms with E-state index < -0.39 is 11.0 Å². The van der Waals surface area contributed by atoms with Crippen LogP contribution in [0.3, 0.4) is 0 Å². The zero-order valence-corrected chi connectivity index (χ0v) is 14.9. The number of aliphatic hydroxyl groups is 1. The fraction of sp³-hybridized carbons (Fsp3) is 0.368. The van der Waals surface area contributed by atoms with Crippen LogP contribution in [0.2, 0.25) is 0 Å². The molecule has 3 aromatic rings. The molecule has 0 aliphatic rings. The topological polar surface area (TPSA) is 50.9 Å². The van der Waals surface area contributed by atoms with Crippen LogP contribution < -0.4 is 0 Å². The largest absolute Gasteiger partial charge is 0.385 e. The third kappa shape index (κ3) is 2.94.